The number of benzene rings is 3. The monoisotopic (exact) mass is 433 g/mol. The predicted molar refractivity (Wildman–Crippen MR) is 121 cm³/mol. The lowest BCUT2D eigenvalue weighted by Gasteiger charge is -2.15. The fourth-order valence-electron chi connectivity index (χ4n) is 3.45. The maximum absolute atomic E-state index is 13.1. The number of carbonyl (C=O) groups excluding carboxylic acids is 2. The summed E-state index contributed by atoms with van der Waals surface area (Å²) < 4.78 is 6.48. The van der Waals surface area contributed by atoms with E-state index in [4.69, 9.17) is 21.4 Å². The maximum atomic E-state index is 13.1. The molecule has 1 heterocycles. The van der Waals surface area contributed by atoms with Crippen LogP contribution < -0.4 is 5.32 Å². The van der Waals surface area contributed by atoms with Crippen LogP contribution in [-0.2, 0) is 9.53 Å². The summed E-state index contributed by atoms with van der Waals surface area (Å²) in [5, 5.41) is 9.01. The molecule has 0 aliphatic rings. The van der Waals surface area contributed by atoms with Crippen molar-refractivity contribution in [2.24, 2.45) is 0 Å². The Morgan fingerprint density at radius 2 is 1.74 bits per heavy atom. The molecule has 156 valence electrons. The van der Waals surface area contributed by atoms with Gasteiger partial charge in [0.15, 0.2) is 0 Å². The Bertz CT molecular complexity index is 1270. The van der Waals surface area contributed by atoms with Gasteiger partial charge in [0.2, 0.25) is 5.91 Å². The van der Waals surface area contributed by atoms with Gasteiger partial charge in [0.05, 0.1) is 23.9 Å². The number of rotatable bonds is 5. The number of esters is 1. The average molecular weight is 434 g/mol. The molecule has 0 aliphatic carbocycles. The number of hydrogen-bond acceptors (Lipinski definition) is 4. The second-order valence-corrected chi connectivity index (χ2v) is 7.46. The standard InChI is InChI=1S/C24H20ClN3O3/c1-15(23(29)26-20-11-7-6-10-18(20)24(30)31-2)28-21-13-12-17(25)14-19(21)22(27-28)16-8-4-3-5-9-16/h3-15H,1-2H3,(H,26,29). The van der Waals surface area contributed by atoms with E-state index in [1.54, 1.807) is 41.9 Å². The topological polar surface area (TPSA) is 73.2 Å². The molecule has 0 saturated carbocycles. The van der Waals surface area contributed by atoms with Crippen molar-refractivity contribution in [3.05, 3.63) is 83.4 Å². The van der Waals surface area contributed by atoms with Gasteiger partial charge in [-0.1, -0.05) is 54.1 Å². The summed E-state index contributed by atoms with van der Waals surface area (Å²) in [5.74, 6) is -0.829. The molecule has 1 atom stereocenters. The van der Waals surface area contributed by atoms with E-state index in [-0.39, 0.29) is 11.5 Å². The summed E-state index contributed by atoms with van der Waals surface area (Å²) in [5.41, 5.74) is 3.12. The minimum Gasteiger partial charge on any atom is -0.465 e. The van der Waals surface area contributed by atoms with Crippen LogP contribution in [0.1, 0.15) is 23.3 Å². The zero-order chi connectivity index (χ0) is 22.0. The third-order valence-corrected chi connectivity index (χ3v) is 5.29. The van der Waals surface area contributed by atoms with Crippen LogP contribution in [0.15, 0.2) is 72.8 Å². The molecule has 1 N–H and O–H groups in total. The number of halogens is 1. The summed E-state index contributed by atoms with van der Waals surface area (Å²) in [6.45, 7) is 1.76. The van der Waals surface area contributed by atoms with Gasteiger partial charge in [-0.25, -0.2) is 4.79 Å². The largest absolute Gasteiger partial charge is 0.465 e. The molecule has 0 spiro atoms. The zero-order valence-corrected chi connectivity index (χ0v) is 17.8. The van der Waals surface area contributed by atoms with Gasteiger partial charge in [0.1, 0.15) is 11.7 Å². The van der Waals surface area contributed by atoms with Gasteiger partial charge in [-0.3, -0.25) is 9.48 Å². The molecule has 7 heteroatoms. The number of fused-ring (bicyclic) bond motifs is 1. The van der Waals surface area contributed by atoms with E-state index in [1.165, 1.54) is 7.11 Å². The Morgan fingerprint density at radius 3 is 2.48 bits per heavy atom. The Hall–Kier alpha value is -3.64. The highest BCUT2D eigenvalue weighted by Crippen LogP contribution is 2.32. The smallest absolute Gasteiger partial charge is 0.339 e. The number of nitrogens with zero attached hydrogens (tertiary/aromatic N) is 2. The number of nitrogens with one attached hydrogen (secondary N) is 1. The van der Waals surface area contributed by atoms with Gasteiger partial charge in [-0.15, -0.1) is 0 Å². The van der Waals surface area contributed by atoms with Crippen molar-refractivity contribution >= 4 is 40.1 Å². The van der Waals surface area contributed by atoms with Crippen LogP contribution in [0.25, 0.3) is 22.2 Å². The first-order chi connectivity index (χ1) is 15.0. The lowest BCUT2D eigenvalue weighted by molar-refractivity contribution is -0.118. The van der Waals surface area contributed by atoms with Crippen LogP contribution in [-0.4, -0.2) is 28.8 Å². The first-order valence-electron chi connectivity index (χ1n) is 9.71. The first kappa shape index (κ1) is 20.6. The Morgan fingerprint density at radius 1 is 1.03 bits per heavy atom. The third-order valence-electron chi connectivity index (χ3n) is 5.05. The quantitative estimate of drug-likeness (QED) is 0.431. The van der Waals surface area contributed by atoms with Crippen molar-refractivity contribution in [3.63, 3.8) is 0 Å². The molecule has 6 nitrogen and oxygen atoms in total. The number of methoxy groups -OCH3 is 1. The number of anilines is 1. The normalized spacial score (nSPS) is 11.8. The van der Waals surface area contributed by atoms with Crippen molar-refractivity contribution in [1.29, 1.82) is 0 Å². The molecule has 4 rings (SSSR count). The van der Waals surface area contributed by atoms with Gasteiger partial charge < -0.3 is 10.1 Å². The third kappa shape index (κ3) is 4.02. The van der Waals surface area contributed by atoms with Gasteiger partial charge >= 0.3 is 5.97 Å². The van der Waals surface area contributed by atoms with Gasteiger partial charge in [0.25, 0.3) is 0 Å². The van der Waals surface area contributed by atoms with Gasteiger partial charge in [-0.05, 0) is 37.3 Å². The molecule has 1 amide bonds. The van der Waals surface area contributed by atoms with Crippen molar-refractivity contribution in [2.45, 2.75) is 13.0 Å². The van der Waals surface area contributed by atoms with E-state index >= 15 is 0 Å². The molecule has 31 heavy (non-hydrogen) atoms. The van der Waals surface area contributed by atoms with Crippen molar-refractivity contribution < 1.29 is 14.3 Å². The Balaban J connectivity index is 1.73. The van der Waals surface area contributed by atoms with E-state index < -0.39 is 12.0 Å². The molecule has 3 aromatic carbocycles. The molecular formula is C24H20ClN3O3. The van der Waals surface area contributed by atoms with Crippen LogP contribution in [0.3, 0.4) is 0 Å². The second-order valence-electron chi connectivity index (χ2n) is 7.02. The molecular weight excluding hydrogens is 414 g/mol. The molecule has 0 radical (unpaired) electrons. The van der Waals surface area contributed by atoms with Crippen LogP contribution in [0.2, 0.25) is 5.02 Å². The predicted octanol–water partition coefficient (Wildman–Crippen LogP) is 5.34. The zero-order valence-electron chi connectivity index (χ0n) is 17.0. The highest BCUT2D eigenvalue weighted by molar-refractivity contribution is 6.31. The second kappa shape index (κ2) is 8.62. The van der Waals surface area contributed by atoms with Crippen molar-refractivity contribution in [2.75, 3.05) is 12.4 Å². The minimum atomic E-state index is -0.646. The molecule has 0 bridgehead atoms. The summed E-state index contributed by atoms with van der Waals surface area (Å²) in [6.07, 6.45) is 0. The minimum absolute atomic E-state index is 0.285. The van der Waals surface area contributed by atoms with Crippen molar-refractivity contribution in [1.82, 2.24) is 9.78 Å². The van der Waals surface area contributed by atoms with Gasteiger partial charge in [0, 0.05) is 16.0 Å². The van der Waals surface area contributed by atoms with Crippen molar-refractivity contribution in [3.8, 4) is 11.3 Å². The fraction of sp³-hybridized carbons (Fsp3) is 0.125. The van der Waals surface area contributed by atoms with E-state index in [0.29, 0.717) is 10.7 Å². The number of hydrogen-bond donors (Lipinski definition) is 1. The molecule has 0 saturated heterocycles. The van der Waals surface area contributed by atoms with Crippen LogP contribution in [0.5, 0.6) is 0 Å². The van der Waals surface area contributed by atoms with Gasteiger partial charge in [-0.2, -0.15) is 5.10 Å². The molecule has 4 aromatic rings. The molecule has 0 fully saturated rings. The Labute approximate surface area is 184 Å². The number of ether oxygens (including phenoxy) is 1. The number of para-hydroxylation sites is 1. The van der Waals surface area contributed by atoms with Crippen LogP contribution in [0, 0.1) is 0 Å². The molecule has 0 aliphatic heterocycles. The van der Waals surface area contributed by atoms with E-state index in [1.807, 2.05) is 42.5 Å². The fourth-order valence-corrected chi connectivity index (χ4v) is 3.62. The number of amides is 1. The van der Waals surface area contributed by atoms with E-state index in [0.717, 1.165) is 22.2 Å². The van der Waals surface area contributed by atoms with Crippen LogP contribution >= 0.6 is 11.6 Å². The summed E-state index contributed by atoms with van der Waals surface area (Å²) >= 11 is 6.24. The Kier molecular flexibility index (Phi) is 5.73. The SMILES string of the molecule is COC(=O)c1ccccc1NC(=O)C(C)n1nc(-c2ccccc2)c2cc(Cl)ccc21. The summed E-state index contributed by atoms with van der Waals surface area (Å²) in [7, 11) is 1.30. The lowest BCUT2D eigenvalue weighted by atomic mass is 10.1. The number of aromatic nitrogens is 2. The van der Waals surface area contributed by atoms with E-state index in [9.17, 15) is 9.59 Å². The summed E-state index contributed by atoms with van der Waals surface area (Å²) in [4.78, 5) is 25.1. The first-order valence-corrected chi connectivity index (χ1v) is 10.1. The lowest BCUT2D eigenvalue weighted by Crippen LogP contribution is -2.25. The average Bonchev–Trinajstić information content (AvgIpc) is 3.17. The maximum Gasteiger partial charge on any atom is 0.339 e. The number of carbonyl (C=O) groups is 2. The molecule has 1 aromatic heterocycles. The highest BCUT2D eigenvalue weighted by Gasteiger charge is 2.23. The summed E-state index contributed by atoms with van der Waals surface area (Å²) in [6, 6.07) is 21.3. The van der Waals surface area contributed by atoms with Crippen LogP contribution in [0.4, 0.5) is 5.69 Å². The molecule has 1 unspecified atom stereocenters. The highest BCUT2D eigenvalue weighted by atomic mass is 35.5. The van der Waals surface area contributed by atoms with E-state index in [2.05, 4.69) is 5.32 Å².